The first-order valence-corrected chi connectivity index (χ1v) is 10.1. The number of nitrogens with zero attached hydrogens (tertiary/aromatic N) is 1. The first kappa shape index (κ1) is 21.0. The van der Waals surface area contributed by atoms with Crippen LogP contribution in [0, 0.1) is 17.1 Å². The van der Waals surface area contributed by atoms with E-state index < -0.39 is 0 Å². The van der Waals surface area contributed by atoms with E-state index in [2.05, 4.69) is 10.6 Å². The highest BCUT2D eigenvalue weighted by molar-refractivity contribution is 5.97. The molecule has 27 heavy (non-hydrogen) atoms. The Morgan fingerprint density at radius 2 is 1.63 bits per heavy atom. The van der Waals surface area contributed by atoms with Crippen LogP contribution in [-0.4, -0.2) is 11.9 Å². The molecule has 1 saturated carbocycles. The van der Waals surface area contributed by atoms with Crippen LogP contribution in [0.15, 0.2) is 36.0 Å². The summed E-state index contributed by atoms with van der Waals surface area (Å²) in [5.74, 6) is -0.733. The van der Waals surface area contributed by atoms with Gasteiger partial charge < -0.3 is 10.6 Å². The predicted molar refractivity (Wildman–Crippen MR) is 106 cm³/mol. The Bertz CT molecular complexity index is 654. The summed E-state index contributed by atoms with van der Waals surface area (Å²) in [6.07, 6.45) is 14.4. The van der Waals surface area contributed by atoms with Crippen LogP contribution in [0.4, 0.5) is 10.1 Å². The lowest BCUT2D eigenvalue weighted by atomic mass is 9.98. The van der Waals surface area contributed by atoms with E-state index in [1.54, 1.807) is 12.1 Å². The lowest BCUT2D eigenvalue weighted by Gasteiger charge is -2.19. The minimum Gasteiger partial charge on any atom is -0.360 e. The average molecular weight is 372 g/mol. The van der Waals surface area contributed by atoms with E-state index in [1.807, 2.05) is 6.07 Å². The minimum atomic E-state index is -0.371. The Labute approximate surface area is 161 Å². The van der Waals surface area contributed by atoms with Crippen molar-refractivity contribution < 1.29 is 9.18 Å². The molecule has 1 aliphatic carbocycles. The van der Waals surface area contributed by atoms with Crippen molar-refractivity contribution in [1.29, 1.82) is 5.26 Å². The Kier molecular flexibility index (Phi) is 9.40. The molecular formula is C22H30FN3O. The molecule has 0 unspecified atom stereocenters. The molecule has 1 aliphatic rings. The molecule has 0 heterocycles. The first-order valence-electron chi connectivity index (χ1n) is 10.1. The van der Waals surface area contributed by atoms with E-state index in [-0.39, 0.29) is 23.3 Å². The summed E-state index contributed by atoms with van der Waals surface area (Å²) in [5, 5.41) is 15.2. The molecule has 1 fully saturated rings. The van der Waals surface area contributed by atoms with Gasteiger partial charge in [-0.25, -0.2) is 4.39 Å². The first-order chi connectivity index (χ1) is 13.2. The van der Waals surface area contributed by atoms with Crippen LogP contribution in [0.1, 0.15) is 70.6 Å². The third-order valence-corrected chi connectivity index (χ3v) is 5.01. The van der Waals surface area contributed by atoms with Crippen molar-refractivity contribution in [2.75, 3.05) is 5.32 Å². The van der Waals surface area contributed by atoms with Gasteiger partial charge in [0.25, 0.3) is 5.91 Å². The highest BCUT2D eigenvalue weighted by Gasteiger charge is 2.16. The molecule has 4 nitrogen and oxygen atoms in total. The van der Waals surface area contributed by atoms with E-state index in [1.165, 1.54) is 63.3 Å². The second kappa shape index (κ2) is 12.1. The van der Waals surface area contributed by atoms with Crippen LogP contribution in [-0.2, 0) is 4.79 Å². The topological polar surface area (TPSA) is 64.9 Å². The Morgan fingerprint density at radius 1 is 1.04 bits per heavy atom. The third-order valence-electron chi connectivity index (χ3n) is 5.01. The Hall–Kier alpha value is -2.35. The molecule has 2 N–H and O–H groups in total. The van der Waals surface area contributed by atoms with Crippen LogP contribution in [0.25, 0.3) is 0 Å². The number of hydrogen-bond acceptors (Lipinski definition) is 3. The predicted octanol–water partition coefficient (Wildman–Crippen LogP) is 5.43. The molecule has 5 heteroatoms. The monoisotopic (exact) mass is 371 g/mol. The number of halogens is 1. The van der Waals surface area contributed by atoms with Crippen LogP contribution in [0.3, 0.4) is 0 Å². The maximum atomic E-state index is 13.2. The summed E-state index contributed by atoms with van der Waals surface area (Å²) in [5.41, 5.74) is 0.506. The molecular weight excluding hydrogens is 341 g/mol. The zero-order valence-electron chi connectivity index (χ0n) is 16.0. The second-order valence-electron chi connectivity index (χ2n) is 7.25. The molecule has 1 aromatic rings. The number of nitriles is 1. The van der Waals surface area contributed by atoms with Gasteiger partial charge in [-0.3, -0.25) is 4.79 Å². The zero-order chi connectivity index (χ0) is 19.3. The van der Waals surface area contributed by atoms with Gasteiger partial charge >= 0.3 is 0 Å². The zero-order valence-corrected chi connectivity index (χ0v) is 16.0. The third kappa shape index (κ3) is 8.25. The van der Waals surface area contributed by atoms with E-state index in [0.717, 1.165) is 25.7 Å². The number of hydrogen-bond donors (Lipinski definition) is 2. The van der Waals surface area contributed by atoms with Crippen molar-refractivity contribution >= 4 is 11.6 Å². The quantitative estimate of drug-likeness (QED) is 0.547. The summed E-state index contributed by atoms with van der Waals surface area (Å²) in [7, 11) is 0. The lowest BCUT2D eigenvalue weighted by molar-refractivity contribution is -0.117. The van der Waals surface area contributed by atoms with Gasteiger partial charge in [0.1, 0.15) is 17.5 Å². The molecule has 0 radical (unpaired) electrons. The van der Waals surface area contributed by atoms with E-state index in [9.17, 15) is 14.4 Å². The van der Waals surface area contributed by atoms with Crippen molar-refractivity contribution in [3.63, 3.8) is 0 Å². The molecule has 2 rings (SSSR count). The number of rotatable bonds is 4. The fourth-order valence-corrected chi connectivity index (χ4v) is 3.45. The smallest absolute Gasteiger partial charge is 0.263 e. The van der Waals surface area contributed by atoms with E-state index in [4.69, 9.17) is 0 Å². The van der Waals surface area contributed by atoms with Gasteiger partial charge in [0, 0.05) is 17.9 Å². The maximum absolute atomic E-state index is 13.2. The normalized spacial score (nSPS) is 17.9. The van der Waals surface area contributed by atoms with Crippen LogP contribution in [0.2, 0.25) is 0 Å². The number of amides is 1. The lowest BCUT2D eigenvalue weighted by Crippen LogP contribution is -2.35. The van der Waals surface area contributed by atoms with Crippen LogP contribution in [0.5, 0.6) is 0 Å². The molecule has 0 bridgehead atoms. The van der Waals surface area contributed by atoms with Gasteiger partial charge in [0.05, 0.1) is 0 Å². The Morgan fingerprint density at radius 3 is 2.19 bits per heavy atom. The highest BCUT2D eigenvalue weighted by Crippen LogP contribution is 2.17. The summed E-state index contributed by atoms with van der Waals surface area (Å²) < 4.78 is 13.2. The standard InChI is InChI=1S/C22H30FN3O/c23-19-11-10-14-21(15-19)25-17-18(16-24)22(27)26-20-12-8-6-4-2-1-3-5-7-9-13-20/h10-11,14-15,17,20,25H,1-9,12-13H2,(H,26,27)/b18-17-. The molecule has 0 spiro atoms. The summed E-state index contributed by atoms with van der Waals surface area (Å²) >= 11 is 0. The van der Waals surface area contributed by atoms with Crippen molar-refractivity contribution in [2.24, 2.45) is 0 Å². The molecule has 146 valence electrons. The van der Waals surface area contributed by atoms with E-state index >= 15 is 0 Å². The van der Waals surface area contributed by atoms with Gasteiger partial charge in [-0.05, 0) is 31.0 Å². The van der Waals surface area contributed by atoms with Crippen molar-refractivity contribution in [2.45, 2.75) is 76.7 Å². The summed E-state index contributed by atoms with van der Waals surface area (Å²) in [4.78, 5) is 12.5. The highest BCUT2D eigenvalue weighted by atomic mass is 19.1. The van der Waals surface area contributed by atoms with Gasteiger partial charge in [-0.2, -0.15) is 5.26 Å². The number of carbonyl (C=O) groups is 1. The van der Waals surface area contributed by atoms with Crippen molar-refractivity contribution in [3.8, 4) is 6.07 Å². The fourth-order valence-electron chi connectivity index (χ4n) is 3.45. The van der Waals surface area contributed by atoms with Gasteiger partial charge in [0.2, 0.25) is 0 Å². The maximum Gasteiger partial charge on any atom is 0.263 e. The summed E-state index contributed by atoms with van der Waals surface area (Å²) in [6, 6.07) is 7.96. The minimum absolute atomic E-state index is 0.00498. The van der Waals surface area contributed by atoms with Crippen LogP contribution >= 0.6 is 0 Å². The Balaban J connectivity index is 1.91. The summed E-state index contributed by atoms with van der Waals surface area (Å²) in [6.45, 7) is 0. The average Bonchev–Trinajstić information content (AvgIpc) is 2.64. The number of anilines is 1. The van der Waals surface area contributed by atoms with Crippen LogP contribution < -0.4 is 10.6 Å². The van der Waals surface area contributed by atoms with Gasteiger partial charge in [-0.15, -0.1) is 0 Å². The largest absolute Gasteiger partial charge is 0.360 e. The molecule has 1 aromatic carbocycles. The molecule has 1 amide bonds. The molecule has 0 saturated heterocycles. The fraction of sp³-hybridized carbons (Fsp3) is 0.545. The molecule has 0 atom stereocenters. The molecule has 0 aromatic heterocycles. The molecule has 0 aliphatic heterocycles. The second-order valence-corrected chi connectivity index (χ2v) is 7.25. The van der Waals surface area contributed by atoms with Gasteiger partial charge in [-0.1, -0.05) is 63.9 Å². The SMILES string of the molecule is N#C/C(=C/Nc1cccc(F)c1)C(=O)NC1CCCCCCCCCCC1. The van der Waals surface area contributed by atoms with Crippen molar-refractivity contribution in [1.82, 2.24) is 5.32 Å². The van der Waals surface area contributed by atoms with Crippen molar-refractivity contribution in [3.05, 3.63) is 41.9 Å². The van der Waals surface area contributed by atoms with E-state index in [0.29, 0.717) is 5.69 Å². The number of carbonyl (C=O) groups excluding carboxylic acids is 1. The van der Waals surface area contributed by atoms with Gasteiger partial charge in [0.15, 0.2) is 0 Å². The number of nitrogens with one attached hydrogen (secondary N) is 2. The number of benzene rings is 1.